The summed E-state index contributed by atoms with van der Waals surface area (Å²) in [6.45, 7) is 3.11. The van der Waals surface area contributed by atoms with Crippen LogP contribution < -0.4 is 10.5 Å². The Balaban J connectivity index is 1.63. The van der Waals surface area contributed by atoms with Crippen LogP contribution in [0.25, 0.3) is 6.08 Å². The second-order valence-electron chi connectivity index (χ2n) is 5.52. The zero-order chi connectivity index (χ0) is 14.7. The summed E-state index contributed by atoms with van der Waals surface area (Å²) >= 11 is 0. The summed E-state index contributed by atoms with van der Waals surface area (Å²) in [5.41, 5.74) is 8.25. The Morgan fingerprint density at radius 3 is 2.76 bits per heavy atom. The fourth-order valence-corrected chi connectivity index (χ4v) is 2.36. The van der Waals surface area contributed by atoms with Crippen LogP contribution in [0.1, 0.15) is 18.1 Å². The molecular formula is C18H19NO2. The lowest BCUT2D eigenvalue weighted by Crippen LogP contribution is -2.37. The van der Waals surface area contributed by atoms with Crippen molar-refractivity contribution in [1.29, 1.82) is 0 Å². The molecule has 1 aliphatic rings. The fourth-order valence-electron chi connectivity index (χ4n) is 2.36. The van der Waals surface area contributed by atoms with E-state index in [0.717, 1.165) is 22.6 Å². The van der Waals surface area contributed by atoms with E-state index in [9.17, 15) is 0 Å². The van der Waals surface area contributed by atoms with E-state index >= 15 is 0 Å². The molecule has 3 rings (SSSR count). The highest BCUT2D eigenvalue weighted by Crippen LogP contribution is 2.32. The van der Waals surface area contributed by atoms with Crippen LogP contribution in [-0.4, -0.2) is 12.2 Å². The van der Waals surface area contributed by atoms with Crippen LogP contribution in [0, 0.1) is 0 Å². The minimum atomic E-state index is -0.447. The van der Waals surface area contributed by atoms with Crippen LogP contribution in [0.15, 0.2) is 54.6 Å². The number of fused-ring (bicyclic) bond motifs is 1. The molecule has 2 aromatic rings. The van der Waals surface area contributed by atoms with Crippen molar-refractivity contribution in [3.63, 3.8) is 0 Å². The topological polar surface area (TPSA) is 44.5 Å². The fraction of sp³-hybridized carbons (Fsp3) is 0.222. The van der Waals surface area contributed by atoms with Crippen molar-refractivity contribution >= 4 is 11.8 Å². The van der Waals surface area contributed by atoms with Crippen LogP contribution in [-0.2, 0) is 11.3 Å². The van der Waals surface area contributed by atoms with E-state index in [1.807, 2.05) is 55.5 Å². The number of hydrogen-bond acceptors (Lipinski definition) is 3. The largest absolute Gasteiger partial charge is 0.480 e. The molecule has 1 unspecified atom stereocenters. The molecule has 21 heavy (non-hydrogen) atoms. The lowest BCUT2D eigenvalue weighted by Gasteiger charge is -2.31. The SMILES string of the molecule is CC1(COCc2ccccc2)C=Cc2cc(N)ccc2O1. The molecule has 1 heterocycles. The third kappa shape index (κ3) is 3.26. The molecule has 3 heteroatoms. The summed E-state index contributed by atoms with van der Waals surface area (Å²) in [7, 11) is 0. The van der Waals surface area contributed by atoms with Gasteiger partial charge in [-0.05, 0) is 36.8 Å². The van der Waals surface area contributed by atoms with Crippen molar-refractivity contribution in [2.75, 3.05) is 12.3 Å². The molecular weight excluding hydrogens is 262 g/mol. The predicted molar refractivity (Wildman–Crippen MR) is 85.0 cm³/mol. The molecule has 0 aromatic heterocycles. The van der Waals surface area contributed by atoms with Crippen LogP contribution in [0.5, 0.6) is 5.75 Å². The molecule has 0 saturated heterocycles. The minimum absolute atomic E-state index is 0.447. The number of nitrogen functional groups attached to an aromatic ring is 1. The van der Waals surface area contributed by atoms with Gasteiger partial charge in [-0.1, -0.05) is 36.4 Å². The van der Waals surface area contributed by atoms with E-state index in [2.05, 4.69) is 12.1 Å². The number of rotatable bonds is 4. The Hall–Kier alpha value is -2.26. The van der Waals surface area contributed by atoms with Gasteiger partial charge in [0.1, 0.15) is 11.4 Å². The second kappa shape index (κ2) is 5.62. The van der Waals surface area contributed by atoms with Gasteiger partial charge in [0.2, 0.25) is 0 Å². The second-order valence-corrected chi connectivity index (χ2v) is 5.52. The molecule has 1 atom stereocenters. The Kier molecular flexibility index (Phi) is 3.67. The summed E-state index contributed by atoms with van der Waals surface area (Å²) in [5, 5.41) is 0. The van der Waals surface area contributed by atoms with Crippen molar-refractivity contribution in [1.82, 2.24) is 0 Å². The smallest absolute Gasteiger partial charge is 0.148 e. The van der Waals surface area contributed by atoms with Gasteiger partial charge in [-0.15, -0.1) is 0 Å². The molecule has 0 amide bonds. The zero-order valence-electron chi connectivity index (χ0n) is 12.1. The number of benzene rings is 2. The first kappa shape index (κ1) is 13.7. The Morgan fingerprint density at radius 2 is 1.95 bits per heavy atom. The Bertz CT molecular complexity index is 652. The lowest BCUT2D eigenvalue weighted by molar-refractivity contribution is 0.00632. The average Bonchev–Trinajstić information content (AvgIpc) is 2.49. The predicted octanol–water partition coefficient (Wildman–Crippen LogP) is 3.65. The lowest BCUT2D eigenvalue weighted by atomic mass is 10.0. The molecule has 0 radical (unpaired) electrons. The molecule has 0 aliphatic carbocycles. The van der Waals surface area contributed by atoms with Crippen LogP contribution in [0.3, 0.4) is 0 Å². The first-order chi connectivity index (χ1) is 10.1. The molecule has 2 aromatic carbocycles. The monoisotopic (exact) mass is 281 g/mol. The molecule has 0 bridgehead atoms. The number of anilines is 1. The molecule has 2 N–H and O–H groups in total. The van der Waals surface area contributed by atoms with Gasteiger partial charge in [-0.2, -0.15) is 0 Å². The van der Waals surface area contributed by atoms with Gasteiger partial charge in [-0.25, -0.2) is 0 Å². The van der Waals surface area contributed by atoms with Gasteiger partial charge < -0.3 is 15.2 Å². The highest BCUT2D eigenvalue weighted by Gasteiger charge is 2.27. The van der Waals surface area contributed by atoms with Gasteiger partial charge >= 0.3 is 0 Å². The molecule has 3 nitrogen and oxygen atoms in total. The normalized spacial score (nSPS) is 19.9. The van der Waals surface area contributed by atoms with Crippen molar-refractivity contribution in [3.05, 3.63) is 65.7 Å². The van der Waals surface area contributed by atoms with Crippen molar-refractivity contribution in [2.45, 2.75) is 19.1 Å². The molecule has 0 fully saturated rings. The number of hydrogen-bond donors (Lipinski definition) is 1. The number of nitrogens with two attached hydrogens (primary N) is 1. The summed E-state index contributed by atoms with van der Waals surface area (Å²) in [6, 6.07) is 15.8. The first-order valence-corrected chi connectivity index (χ1v) is 7.04. The van der Waals surface area contributed by atoms with E-state index in [4.69, 9.17) is 15.2 Å². The highest BCUT2D eigenvalue weighted by molar-refractivity contribution is 5.65. The van der Waals surface area contributed by atoms with Gasteiger partial charge in [0, 0.05) is 11.3 Å². The maximum absolute atomic E-state index is 6.04. The van der Waals surface area contributed by atoms with Crippen LogP contribution >= 0.6 is 0 Å². The Morgan fingerprint density at radius 1 is 1.14 bits per heavy atom. The van der Waals surface area contributed by atoms with Gasteiger partial charge in [0.25, 0.3) is 0 Å². The highest BCUT2D eigenvalue weighted by atomic mass is 16.5. The van der Waals surface area contributed by atoms with Crippen molar-refractivity contribution in [3.8, 4) is 5.75 Å². The molecule has 108 valence electrons. The quantitative estimate of drug-likeness (QED) is 0.870. The molecule has 0 saturated carbocycles. The van der Waals surface area contributed by atoms with E-state index in [-0.39, 0.29) is 0 Å². The van der Waals surface area contributed by atoms with Gasteiger partial charge in [0.05, 0.1) is 13.2 Å². The van der Waals surface area contributed by atoms with Gasteiger partial charge in [-0.3, -0.25) is 0 Å². The molecule has 0 spiro atoms. The minimum Gasteiger partial charge on any atom is -0.480 e. The summed E-state index contributed by atoms with van der Waals surface area (Å²) in [6.07, 6.45) is 4.07. The third-order valence-corrected chi connectivity index (χ3v) is 3.49. The van der Waals surface area contributed by atoms with Gasteiger partial charge in [0.15, 0.2) is 0 Å². The van der Waals surface area contributed by atoms with E-state index in [1.165, 1.54) is 0 Å². The summed E-state index contributed by atoms with van der Waals surface area (Å²) in [5.74, 6) is 0.845. The maximum Gasteiger partial charge on any atom is 0.148 e. The third-order valence-electron chi connectivity index (χ3n) is 3.49. The van der Waals surface area contributed by atoms with E-state index in [0.29, 0.717) is 13.2 Å². The average molecular weight is 281 g/mol. The zero-order valence-corrected chi connectivity index (χ0v) is 12.1. The Labute approximate surface area is 125 Å². The standard InChI is InChI=1S/C18H19NO2/c1-18(13-20-12-14-5-3-2-4-6-14)10-9-15-11-16(19)7-8-17(15)21-18/h2-11H,12-13,19H2,1H3. The van der Waals surface area contributed by atoms with Crippen molar-refractivity contribution in [2.24, 2.45) is 0 Å². The molecule has 1 aliphatic heterocycles. The number of ether oxygens (including phenoxy) is 2. The summed E-state index contributed by atoms with van der Waals surface area (Å²) < 4.78 is 11.8. The van der Waals surface area contributed by atoms with Crippen molar-refractivity contribution < 1.29 is 9.47 Å². The maximum atomic E-state index is 6.04. The van der Waals surface area contributed by atoms with E-state index in [1.54, 1.807) is 0 Å². The summed E-state index contributed by atoms with van der Waals surface area (Å²) in [4.78, 5) is 0. The van der Waals surface area contributed by atoms with E-state index < -0.39 is 5.60 Å². The first-order valence-electron chi connectivity index (χ1n) is 7.04. The van der Waals surface area contributed by atoms with Crippen LogP contribution in [0.4, 0.5) is 5.69 Å². The van der Waals surface area contributed by atoms with Crippen LogP contribution in [0.2, 0.25) is 0 Å².